The largest absolute Gasteiger partial charge is 0.466 e. The average Bonchev–Trinajstić information content (AvgIpc) is 2.95. The van der Waals surface area contributed by atoms with Gasteiger partial charge in [-0.25, -0.2) is 4.79 Å². The van der Waals surface area contributed by atoms with E-state index in [-0.39, 0.29) is 11.5 Å². The Morgan fingerprint density at radius 1 is 1.40 bits per heavy atom. The third-order valence-electron chi connectivity index (χ3n) is 4.57. The Kier molecular flexibility index (Phi) is 4.47. The number of nitrogens with one attached hydrogen (secondary N) is 1. The fourth-order valence-corrected chi connectivity index (χ4v) is 4.58. The van der Waals surface area contributed by atoms with Crippen molar-refractivity contribution in [3.8, 4) is 0 Å². The van der Waals surface area contributed by atoms with E-state index in [2.05, 4.69) is 5.32 Å². The summed E-state index contributed by atoms with van der Waals surface area (Å²) in [6.45, 7) is 3.43. The van der Waals surface area contributed by atoms with E-state index in [1.54, 1.807) is 13.8 Å². The molecular weight excluding hydrogens is 344 g/mol. The van der Waals surface area contributed by atoms with E-state index in [4.69, 9.17) is 4.74 Å². The number of dihydropyridines is 1. The Morgan fingerprint density at radius 2 is 2.12 bits per heavy atom. The smallest absolute Gasteiger partial charge is 0.336 e. The zero-order chi connectivity index (χ0) is 18.3. The van der Waals surface area contributed by atoms with Crippen LogP contribution in [0.2, 0.25) is 0 Å². The second-order valence-electron chi connectivity index (χ2n) is 6.10. The molecule has 0 radical (unpaired) electrons. The van der Waals surface area contributed by atoms with Crippen LogP contribution in [-0.2, 0) is 14.3 Å². The molecule has 7 nitrogen and oxygen atoms in total. The first-order chi connectivity index (χ1) is 11.8. The van der Waals surface area contributed by atoms with Gasteiger partial charge in [0.2, 0.25) is 0 Å². The maximum absolute atomic E-state index is 12.6. The second-order valence-corrected chi connectivity index (χ2v) is 7.39. The van der Waals surface area contributed by atoms with E-state index in [1.165, 1.54) is 24.5 Å². The Hall–Kier alpha value is -2.48. The third-order valence-corrected chi connectivity index (χ3v) is 5.68. The molecule has 0 spiro atoms. The minimum atomic E-state index is -0.617. The van der Waals surface area contributed by atoms with Gasteiger partial charge in [-0.15, -0.1) is 11.3 Å². The number of methoxy groups -OCH3 is 1. The molecule has 132 valence electrons. The number of ketones is 1. The molecule has 2 aliphatic rings. The Morgan fingerprint density at radius 3 is 2.72 bits per heavy atom. The fourth-order valence-electron chi connectivity index (χ4n) is 3.47. The van der Waals surface area contributed by atoms with E-state index < -0.39 is 16.8 Å². The molecule has 1 N–H and O–H groups in total. The summed E-state index contributed by atoms with van der Waals surface area (Å²) in [4.78, 5) is 36.9. The number of hydrogen-bond donors (Lipinski definition) is 1. The molecule has 0 amide bonds. The van der Waals surface area contributed by atoms with Crippen LogP contribution < -0.4 is 5.32 Å². The van der Waals surface area contributed by atoms with Gasteiger partial charge in [0.25, 0.3) is 5.69 Å². The molecule has 1 aromatic heterocycles. The first kappa shape index (κ1) is 17.3. The molecule has 0 aromatic carbocycles. The highest BCUT2D eigenvalue weighted by Gasteiger charge is 2.40. The molecule has 0 bridgehead atoms. The number of hydrogen-bond acceptors (Lipinski definition) is 7. The van der Waals surface area contributed by atoms with Gasteiger partial charge in [-0.05, 0) is 26.7 Å². The summed E-state index contributed by atoms with van der Waals surface area (Å²) in [5.41, 5.74) is 2.31. The van der Waals surface area contributed by atoms with Crippen LogP contribution in [0.3, 0.4) is 0 Å². The summed E-state index contributed by atoms with van der Waals surface area (Å²) in [5.74, 6) is -1.18. The van der Waals surface area contributed by atoms with Gasteiger partial charge in [-0.3, -0.25) is 14.9 Å². The Balaban J connectivity index is 2.21. The number of esters is 1. The monoisotopic (exact) mass is 362 g/mol. The molecule has 8 heteroatoms. The molecule has 1 aliphatic heterocycles. The van der Waals surface area contributed by atoms with E-state index in [9.17, 15) is 19.7 Å². The van der Waals surface area contributed by atoms with Gasteiger partial charge < -0.3 is 10.1 Å². The van der Waals surface area contributed by atoms with Crippen LogP contribution in [0.1, 0.15) is 41.9 Å². The van der Waals surface area contributed by atoms with E-state index in [0.717, 1.165) is 18.5 Å². The lowest BCUT2D eigenvalue weighted by Crippen LogP contribution is -2.33. The van der Waals surface area contributed by atoms with Crippen molar-refractivity contribution in [3.63, 3.8) is 0 Å². The number of nitro groups is 1. The van der Waals surface area contributed by atoms with Crippen LogP contribution in [0.5, 0.6) is 0 Å². The highest BCUT2D eigenvalue weighted by molar-refractivity contribution is 7.12. The predicted molar refractivity (Wildman–Crippen MR) is 92.2 cm³/mol. The van der Waals surface area contributed by atoms with Gasteiger partial charge >= 0.3 is 5.97 Å². The first-order valence-corrected chi connectivity index (χ1v) is 8.73. The van der Waals surface area contributed by atoms with Crippen molar-refractivity contribution in [3.05, 3.63) is 48.5 Å². The highest BCUT2D eigenvalue weighted by atomic mass is 32.1. The normalized spacial score (nSPS) is 20.3. The number of thiophene rings is 1. The molecular formula is C17H18N2O5S. The Bertz CT molecular complexity index is 849. The second kappa shape index (κ2) is 6.44. The Labute approximate surface area is 148 Å². The summed E-state index contributed by atoms with van der Waals surface area (Å²) in [7, 11) is 1.29. The molecule has 1 aromatic rings. The average molecular weight is 362 g/mol. The molecule has 25 heavy (non-hydrogen) atoms. The molecule has 0 saturated heterocycles. The standard InChI is InChI=1S/C17H18N2O5S/c1-8-14(17(21)24-3)16(13-7-11(19(22)23)9(2)25-13)15-10(18-8)5-4-6-12(15)20/h7,16,18H,4-6H2,1-3H3/t16-/m0/s1. The molecule has 0 unspecified atom stereocenters. The van der Waals surface area contributed by atoms with Crippen molar-refractivity contribution in [2.24, 2.45) is 0 Å². The van der Waals surface area contributed by atoms with E-state index in [1.807, 2.05) is 0 Å². The summed E-state index contributed by atoms with van der Waals surface area (Å²) in [5, 5.41) is 14.4. The van der Waals surface area contributed by atoms with Crippen molar-refractivity contribution in [1.82, 2.24) is 5.32 Å². The zero-order valence-electron chi connectivity index (χ0n) is 14.2. The van der Waals surface area contributed by atoms with Gasteiger partial charge in [-0.2, -0.15) is 0 Å². The number of Topliss-reactive ketones (excluding diaryl/α,β-unsaturated/α-hetero) is 1. The van der Waals surface area contributed by atoms with Crippen LogP contribution in [0.15, 0.2) is 28.6 Å². The van der Waals surface area contributed by atoms with Gasteiger partial charge in [-0.1, -0.05) is 0 Å². The molecule has 2 heterocycles. The lowest BCUT2D eigenvalue weighted by molar-refractivity contribution is -0.385. The van der Waals surface area contributed by atoms with Crippen LogP contribution in [0, 0.1) is 17.0 Å². The maximum Gasteiger partial charge on any atom is 0.336 e. The SMILES string of the molecule is COC(=O)C1=C(C)NC2=C(C(=O)CCC2)[C@H]1c1cc([N+](=O)[O-])c(C)s1. The summed E-state index contributed by atoms with van der Waals surface area (Å²) in [6.07, 6.45) is 1.88. The van der Waals surface area contributed by atoms with Gasteiger partial charge in [0.15, 0.2) is 5.78 Å². The van der Waals surface area contributed by atoms with Gasteiger partial charge in [0.1, 0.15) is 0 Å². The summed E-state index contributed by atoms with van der Waals surface area (Å²) in [6, 6.07) is 1.47. The molecule has 0 fully saturated rings. The highest BCUT2D eigenvalue weighted by Crippen LogP contribution is 2.46. The minimum Gasteiger partial charge on any atom is -0.466 e. The van der Waals surface area contributed by atoms with Crippen molar-refractivity contribution in [2.75, 3.05) is 7.11 Å². The quantitative estimate of drug-likeness (QED) is 0.504. The minimum absolute atomic E-state index is 0.00538. The molecule has 1 aliphatic carbocycles. The topological polar surface area (TPSA) is 98.5 Å². The lowest BCUT2D eigenvalue weighted by Gasteiger charge is -2.33. The van der Waals surface area contributed by atoms with Crippen molar-refractivity contribution >= 4 is 28.8 Å². The van der Waals surface area contributed by atoms with E-state index in [0.29, 0.717) is 33.0 Å². The lowest BCUT2D eigenvalue weighted by atomic mass is 9.78. The molecule has 1 atom stereocenters. The first-order valence-electron chi connectivity index (χ1n) is 7.92. The number of rotatable bonds is 3. The van der Waals surface area contributed by atoms with E-state index >= 15 is 0 Å². The van der Waals surface area contributed by atoms with Gasteiger partial charge in [0.05, 0.1) is 28.4 Å². The van der Waals surface area contributed by atoms with Crippen molar-refractivity contribution in [1.29, 1.82) is 0 Å². The van der Waals surface area contributed by atoms with Crippen LogP contribution in [0.25, 0.3) is 0 Å². The fraction of sp³-hybridized carbons (Fsp3) is 0.412. The number of carbonyl (C=O) groups excluding carboxylic acids is 2. The third kappa shape index (κ3) is 2.86. The molecule has 3 rings (SSSR count). The number of carbonyl (C=O) groups is 2. The zero-order valence-corrected chi connectivity index (χ0v) is 15.0. The van der Waals surface area contributed by atoms with Crippen LogP contribution >= 0.6 is 11.3 Å². The number of ether oxygens (including phenoxy) is 1. The summed E-state index contributed by atoms with van der Waals surface area (Å²) < 4.78 is 4.91. The summed E-state index contributed by atoms with van der Waals surface area (Å²) >= 11 is 1.24. The number of allylic oxidation sites excluding steroid dienone is 3. The maximum atomic E-state index is 12.6. The van der Waals surface area contributed by atoms with Crippen molar-refractivity contribution < 1.29 is 19.2 Å². The number of nitrogens with zero attached hydrogens (tertiary/aromatic N) is 1. The van der Waals surface area contributed by atoms with Gasteiger partial charge in [0, 0.05) is 34.3 Å². The molecule has 0 saturated carbocycles. The predicted octanol–water partition coefficient (Wildman–Crippen LogP) is 3.11. The van der Waals surface area contributed by atoms with Crippen LogP contribution in [0.4, 0.5) is 5.69 Å². The number of aryl methyl sites for hydroxylation is 1. The van der Waals surface area contributed by atoms with Crippen molar-refractivity contribution in [2.45, 2.75) is 39.0 Å². The van der Waals surface area contributed by atoms with Crippen LogP contribution in [-0.4, -0.2) is 23.8 Å².